The van der Waals surface area contributed by atoms with E-state index in [4.69, 9.17) is 4.74 Å². The molecule has 0 aliphatic carbocycles. The van der Waals surface area contributed by atoms with Crippen molar-refractivity contribution in [3.8, 4) is 0 Å². The fraction of sp³-hybridized carbons (Fsp3) is 0.625. The van der Waals surface area contributed by atoms with Gasteiger partial charge in [0.1, 0.15) is 6.04 Å². The lowest BCUT2D eigenvalue weighted by Crippen LogP contribution is -2.52. The van der Waals surface area contributed by atoms with Crippen LogP contribution in [-0.4, -0.2) is 92.5 Å². The van der Waals surface area contributed by atoms with E-state index in [0.717, 1.165) is 64.2 Å². The maximum Gasteiger partial charge on any atom is 0.407 e. The number of anilines is 1. The Balaban J connectivity index is 1.45. The third kappa shape index (κ3) is 7.59. The molecule has 0 saturated carbocycles. The molecule has 1 aromatic carbocycles. The minimum Gasteiger partial charge on any atom is -0.480 e. The van der Waals surface area contributed by atoms with Gasteiger partial charge in [-0.15, -0.1) is 0 Å². The van der Waals surface area contributed by atoms with Crippen LogP contribution < -0.4 is 20.9 Å². The summed E-state index contributed by atoms with van der Waals surface area (Å²) in [5, 5.41) is 17.6. The molecule has 2 fully saturated rings. The van der Waals surface area contributed by atoms with Gasteiger partial charge in [0.15, 0.2) is 0 Å². The smallest absolute Gasteiger partial charge is 0.407 e. The molecule has 3 rings (SSSR count). The van der Waals surface area contributed by atoms with Crippen molar-refractivity contribution in [3.63, 3.8) is 0 Å². The monoisotopic (exact) mass is 475 g/mol. The molecule has 2 saturated heterocycles. The zero-order valence-corrected chi connectivity index (χ0v) is 19.9. The Kier molecular flexibility index (Phi) is 9.96. The van der Waals surface area contributed by atoms with Gasteiger partial charge in [0.25, 0.3) is 5.91 Å². The van der Waals surface area contributed by atoms with Crippen LogP contribution in [0.5, 0.6) is 0 Å². The number of unbranched alkanes of at least 4 members (excludes halogenated alkanes) is 1. The topological polar surface area (TPSA) is 123 Å². The molecular weight excluding hydrogens is 438 g/mol. The number of carbonyl (C=O) groups is 3. The molecule has 0 bridgehead atoms. The standard InChI is InChI=1S/C24H37N5O5/c1-2-3-16-34-24(33)27-21(23(31)32)17-26-22(30)18-4-6-19(7-5-18)28-12-8-20(9-13-28)29-14-10-25-11-15-29/h4-7,20-21,25H,2-3,8-17H2,1H3,(H,26,30)(H,27,33)(H,31,32)/t21-/m0/s1. The zero-order chi connectivity index (χ0) is 24.3. The van der Waals surface area contributed by atoms with Crippen molar-refractivity contribution in [1.29, 1.82) is 0 Å². The lowest BCUT2D eigenvalue weighted by molar-refractivity contribution is -0.139. The number of hydrogen-bond acceptors (Lipinski definition) is 7. The zero-order valence-electron chi connectivity index (χ0n) is 19.9. The van der Waals surface area contributed by atoms with Crippen LogP contribution in [0.3, 0.4) is 0 Å². The highest BCUT2D eigenvalue weighted by Crippen LogP contribution is 2.23. The number of nitrogens with zero attached hydrogens (tertiary/aromatic N) is 2. The molecule has 34 heavy (non-hydrogen) atoms. The first kappa shape index (κ1) is 25.8. The number of amides is 2. The second-order valence-corrected chi connectivity index (χ2v) is 8.79. The normalized spacial score (nSPS) is 18.2. The van der Waals surface area contributed by atoms with Crippen LogP contribution in [0.4, 0.5) is 10.5 Å². The summed E-state index contributed by atoms with van der Waals surface area (Å²) in [6.45, 7) is 8.28. The van der Waals surface area contributed by atoms with E-state index in [9.17, 15) is 19.5 Å². The number of carboxylic acids is 1. The van der Waals surface area contributed by atoms with Crippen molar-refractivity contribution in [2.75, 3.05) is 57.3 Å². The number of aliphatic carboxylic acids is 1. The van der Waals surface area contributed by atoms with E-state index in [1.165, 1.54) is 0 Å². The second kappa shape index (κ2) is 13.1. The molecule has 1 atom stereocenters. The van der Waals surface area contributed by atoms with Crippen molar-refractivity contribution in [2.24, 2.45) is 0 Å². The van der Waals surface area contributed by atoms with E-state index < -0.39 is 24.0 Å². The van der Waals surface area contributed by atoms with Crippen LogP contribution in [0.25, 0.3) is 0 Å². The number of carbonyl (C=O) groups excluding carboxylic acids is 2. The predicted molar refractivity (Wildman–Crippen MR) is 129 cm³/mol. The van der Waals surface area contributed by atoms with Crippen LogP contribution in [0, 0.1) is 0 Å². The van der Waals surface area contributed by atoms with Crippen molar-refractivity contribution in [3.05, 3.63) is 29.8 Å². The Morgan fingerprint density at radius 3 is 2.41 bits per heavy atom. The average molecular weight is 476 g/mol. The van der Waals surface area contributed by atoms with E-state index in [-0.39, 0.29) is 13.2 Å². The van der Waals surface area contributed by atoms with Gasteiger partial charge in [-0.3, -0.25) is 9.69 Å². The fourth-order valence-corrected chi connectivity index (χ4v) is 4.35. The quantitative estimate of drug-likeness (QED) is 0.373. The van der Waals surface area contributed by atoms with Crippen molar-refractivity contribution in [1.82, 2.24) is 20.9 Å². The third-order valence-electron chi connectivity index (χ3n) is 6.42. The number of rotatable bonds is 10. The SMILES string of the molecule is CCCCOC(=O)N[C@@H](CNC(=O)c1ccc(N2CCC(N3CCNCC3)CC2)cc1)C(=O)O. The van der Waals surface area contributed by atoms with Crippen LogP contribution in [-0.2, 0) is 9.53 Å². The highest BCUT2D eigenvalue weighted by Gasteiger charge is 2.26. The van der Waals surface area contributed by atoms with Gasteiger partial charge in [-0.05, 0) is 43.5 Å². The number of piperidine rings is 1. The van der Waals surface area contributed by atoms with Crippen LogP contribution in [0.15, 0.2) is 24.3 Å². The first-order valence-electron chi connectivity index (χ1n) is 12.2. The molecule has 10 heteroatoms. The van der Waals surface area contributed by atoms with Crippen molar-refractivity contribution >= 4 is 23.7 Å². The van der Waals surface area contributed by atoms with Gasteiger partial charge >= 0.3 is 12.1 Å². The first-order valence-corrected chi connectivity index (χ1v) is 12.2. The molecule has 0 radical (unpaired) electrons. The molecule has 0 aromatic heterocycles. The lowest BCUT2D eigenvalue weighted by Gasteiger charge is -2.41. The Bertz CT molecular complexity index is 804. The number of carboxylic acid groups (broad SMARTS) is 1. The average Bonchev–Trinajstić information content (AvgIpc) is 2.87. The number of nitrogens with one attached hydrogen (secondary N) is 3. The molecule has 0 spiro atoms. The maximum absolute atomic E-state index is 12.5. The number of alkyl carbamates (subject to hydrolysis) is 1. The molecule has 188 valence electrons. The minimum atomic E-state index is -1.27. The molecule has 2 heterocycles. The molecule has 10 nitrogen and oxygen atoms in total. The molecule has 2 amide bonds. The summed E-state index contributed by atoms with van der Waals surface area (Å²) in [4.78, 5) is 40.6. The first-order chi connectivity index (χ1) is 16.5. The molecule has 1 aromatic rings. The summed E-state index contributed by atoms with van der Waals surface area (Å²) in [7, 11) is 0. The fourth-order valence-electron chi connectivity index (χ4n) is 4.35. The molecule has 2 aliphatic rings. The van der Waals surface area contributed by atoms with Gasteiger partial charge in [0.2, 0.25) is 0 Å². The summed E-state index contributed by atoms with van der Waals surface area (Å²) in [5.41, 5.74) is 1.52. The van der Waals surface area contributed by atoms with E-state index in [2.05, 4.69) is 25.8 Å². The van der Waals surface area contributed by atoms with Gasteiger partial charge in [-0.2, -0.15) is 0 Å². The lowest BCUT2D eigenvalue weighted by atomic mass is 10.0. The number of benzene rings is 1. The van der Waals surface area contributed by atoms with E-state index in [1.54, 1.807) is 12.1 Å². The van der Waals surface area contributed by atoms with Crippen molar-refractivity contribution in [2.45, 2.75) is 44.7 Å². The number of piperazine rings is 1. The highest BCUT2D eigenvalue weighted by atomic mass is 16.5. The summed E-state index contributed by atoms with van der Waals surface area (Å²) >= 11 is 0. The summed E-state index contributed by atoms with van der Waals surface area (Å²) in [6, 6.07) is 6.72. The van der Waals surface area contributed by atoms with E-state index in [1.807, 2.05) is 19.1 Å². The molecule has 4 N–H and O–H groups in total. The predicted octanol–water partition coefficient (Wildman–Crippen LogP) is 1.27. The molecule has 2 aliphatic heterocycles. The molecule has 0 unspecified atom stereocenters. The highest BCUT2D eigenvalue weighted by molar-refractivity contribution is 5.95. The Labute approximate surface area is 201 Å². The summed E-state index contributed by atoms with van der Waals surface area (Å²) in [6.07, 6.45) is 3.02. The van der Waals surface area contributed by atoms with Gasteiger partial charge in [0, 0.05) is 63.1 Å². The van der Waals surface area contributed by atoms with Gasteiger partial charge in [-0.1, -0.05) is 13.3 Å². The summed E-state index contributed by atoms with van der Waals surface area (Å²) in [5.74, 6) is -1.64. The maximum atomic E-state index is 12.5. The van der Waals surface area contributed by atoms with Crippen LogP contribution in [0.2, 0.25) is 0 Å². The van der Waals surface area contributed by atoms with Crippen LogP contribution >= 0.6 is 0 Å². The van der Waals surface area contributed by atoms with E-state index in [0.29, 0.717) is 18.0 Å². The largest absolute Gasteiger partial charge is 0.480 e. The third-order valence-corrected chi connectivity index (χ3v) is 6.42. The van der Waals surface area contributed by atoms with E-state index >= 15 is 0 Å². The van der Waals surface area contributed by atoms with Gasteiger partial charge in [-0.25, -0.2) is 9.59 Å². The van der Waals surface area contributed by atoms with Gasteiger partial charge < -0.3 is 30.7 Å². The van der Waals surface area contributed by atoms with Crippen LogP contribution in [0.1, 0.15) is 43.0 Å². The Hall–Kier alpha value is -2.85. The Morgan fingerprint density at radius 2 is 1.79 bits per heavy atom. The minimum absolute atomic E-state index is 0.223. The number of hydrogen-bond donors (Lipinski definition) is 4. The van der Waals surface area contributed by atoms with Crippen molar-refractivity contribution < 1.29 is 24.2 Å². The summed E-state index contributed by atoms with van der Waals surface area (Å²) < 4.78 is 4.93. The van der Waals surface area contributed by atoms with Gasteiger partial charge in [0.05, 0.1) is 6.61 Å². The Morgan fingerprint density at radius 1 is 1.12 bits per heavy atom. The molecular formula is C24H37N5O5. The number of ether oxygens (including phenoxy) is 1. The second-order valence-electron chi connectivity index (χ2n) is 8.79.